The van der Waals surface area contributed by atoms with E-state index in [4.69, 9.17) is 11.6 Å². The van der Waals surface area contributed by atoms with Crippen molar-refractivity contribution in [3.8, 4) is 0 Å². The smallest absolute Gasteiger partial charge is 0.212 e. The third-order valence-electron chi connectivity index (χ3n) is 2.37. The monoisotopic (exact) mass is 234 g/mol. The molecule has 0 amide bonds. The van der Waals surface area contributed by atoms with Gasteiger partial charge in [-0.3, -0.25) is 9.48 Å². The molecule has 0 saturated carbocycles. The van der Waals surface area contributed by atoms with E-state index in [9.17, 15) is 4.79 Å². The first kappa shape index (κ1) is 10.9. The predicted molar refractivity (Wildman–Crippen MR) is 62.8 cm³/mol. The van der Waals surface area contributed by atoms with Crippen molar-refractivity contribution in [2.24, 2.45) is 0 Å². The summed E-state index contributed by atoms with van der Waals surface area (Å²) in [6.45, 7) is 2.61. The summed E-state index contributed by atoms with van der Waals surface area (Å²) in [6.07, 6.45) is 1.62. The van der Waals surface area contributed by atoms with Crippen LogP contribution in [0, 0.1) is 0 Å². The number of aryl methyl sites for hydroxylation is 1. The van der Waals surface area contributed by atoms with Crippen LogP contribution in [0.4, 0.5) is 0 Å². The zero-order chi connectivity index (χ0) is 11.5. The van der Waals surface area contributed by atoms with E-state index in [-0.39, 0.29) is 5.78 Å². The number of benzene rings is 1. The minimum absolute atomic E-state index is 0.0926. The molecule has 1 aromatic heterocycles. The normalized spacial score (nSPS) is 10.4. The van der Waals surface area contributed by atoms with Gasteiger partial charge < -0.3 is 0 Å². The lowest BCUT2D eigenvalue weighted by molar-refractivity contribution is 0.102. The van der Waals surface area contributed by atoms with Gasteiger partial charge in [-0.1, -0.05) is 23.7 Å². The van der Waals surface area contributed by atoms with Crippen LogP contribution in [0.2, 0.25) is 5.02 Å². The molecule has 0 aliphatic heterocycles. The molecular formula is C12H11ClN2O. The van der Waals surface area contributed by atoms with Crippen molar-refractivity contribution < 1.29 is 4.79 Å². The molecule has 0 bridgehead atoms. The summed E-state index contributed by atoms with van der Waals surface area (Å²) in [6, 6.07) is 8.73. The molecule has 0 fully saturated rings. The number of nitrogens with zero attached hydrogens (tertiary/aromatic N) is 2. The van der Waals surface area contributed by atoms with E-state index < -0.39 is 0 Å². The standard InChI is InChI=1S/C12H11ClN2O/c1-2-15-11(7-8-14-15)12(16)9-5-3-4-6-10(9)13/h3-8H,2H2,1H3. The molecule has 2 rings (SSSR count). The van der Waals surface area contributed by atoms with Gasteiger partial charge >= 0.3 is 0 Å². The Morgan fingerprint density at radius 1 is 1.38 bits per heavy atom. The van der Waals surface area contributed by atoms with Crippen molar-refractivity contribution in [2.45, 2.75) is 13.5 Å². The van der Waals surface area contributed by atoms with Crippen molar-refractivity contribution in [3.63, 3.8) is 0 Å². The lowest BCUT2D eigenvalue weighted by Crippen LogP contribution is -2.10. The van der Waals surface area contributed by atoms with Crippen LogP contribution < -0.4 is 0 Å². The highest BCUT2D eigenvalue weighted by atomic mass is 35.5. The first-order valence-corrected chi connectivity index (χ1v) is 5.43. The molecule has 0 radical (unpaired) electrons. The first-order valence-electron chi connectivity index (χ1n) is 5.05. The summed E-state index contributed by atoms with van der Waals surface area (Å²) in [5.41, 5.74) is 1.08. The number of carbonyl (C=O) groups is 1. The minimum atomic E-state index is -0.0926. The highest BCUT2D eigenvalue weighted by Gasteiger charge is 2.15. The molecule has 0 N–H and O–H groups in total. The van der Waals surface area contributed by atoms with E-state index in [1.165, 1.54) is 0 Å². The Labute approximate surface area is 98.7 Å². The third kappa shape index (κ3) is 1.86. The van der Waals surface area contributed by atoms with Gasteiger partial charge in [-0.2, -0.15) is 5.10 Å². The molecule has 0 spiro atoms. The molecule has 1 heterocycles. The maximum atomic E-state index is 12.2. The summed E-state index contributed by atoms with van der Waals surface area (Å²) in [4.78, 5) is 12.2. The Kier molecular flexibility index (Phi) is 3.06. The van der Waals surface area contributed by atoms with Gasteiger partial charge in [0, 0.05) is 18.3 Å². The van der Waals surface area contributed by atoms with Gasteiger partial charge in [0.1, 0.15) is 5.69 Å². The van der Waals surface area contributed by atoms with Crippen LogP contribution in [0.1, 0.15) is 23.0 Å². The largest absolute Gasteiger partial charge is 0.287 e. The Morgan fingerprint density at radius 2 is 2.12 bits per heavy atom. The van der Waals surface area contributed by atoms with E-state index in [1.54, 1.807) is 41.2 Å². The van der Waals surface area contributed by atoms with Crippen molar-refractivity contribution in [3.05, 3.63) is 52.8 Å². The number of halogens is 1. The highest BCUT2D eigenvalue weighted by molar-refractivity contribution is 6.34. The molecule has 0 unspecified atom stereocenters. The predicted octanol–water partition coefficient (Wildman–Crippen LogP) is 2.79. The summed E-state index contributed by atoms with van der Waals surface area (Å²) in [5, 5.41) is 4.53. The van der Waals surface area contributed by atoms with E-state index in [0.29, 0.717) is 22.8 Å². The molecule has 0 aliphatic rings. The zero-order valence-electron chi connectivity index (χ0n) is 8.85. The Morgan fingerprint density at radius 3 is 2.81 bits per heavy atom. The lowest BCUT2D eigenvalue weighted by Gasteiger charge is -2.05. The lowest BCUT2D eigenvalue weighted by atomic mass is 10.1. The van der Waals surface area contributed by atoms with Crippen LogP contribution in [0.25, 0.3) is 0 Å². The van der Waals surface area contributed by atoms with Gasteiger partial charge in [-0.15, -0.1) is 0 Å². The van der Waals surface area contributed by atoms with E-state index >= 15 is 0 Å². The maximum Gasteiger partial charge on any atom is 0.212 e. The number of carbonyl (C=O) groups excluding carboxylic acids is 1. The summed E-state index contributed by atoms with van der Waals surface area (Å²) in [5.74, 6) is -0.0926. The quantitative estimate of drug-likeness (QED) is 0.766. The van der Waals surface area contributed by atoms with Gasteiger partial charge in [0.05, 0.1) is 5.02 Å². The van der Waals surface area contributed by atoms with Crippen molar-refractivity contribution in [2.75, 3.05) is 0 Å². The Balaban J connectivity index is 2.44. The molecule has 82 valence electrons. The molecule has 2 aromatic rings. The molecular weight excluding hydrogens is 224 g/mol. The molecule has 1 aromatic carbocycles. The SMILES string of the molecule is CCn1nccc1C(=O)c1ccccc1Cl. The Bertz CT molecular complexity index is 519. The van der Waals surface area contributed by atoms with Gasteiger partial charge in [0.2, 0.25) is 5.78 Å². The van der Waals surface area contributed by atoms with Crippen molar-refractivity contribution >= 4 is 17.4 Å². The van der Waals surface area contributed by atoms with E-state index in [2.05, 4.69) is 5.10 Å². The van der Waals surface area contributed by atoms with Crippen LogP contribution in [-0.2, 0) is 6.54 Å². The van der Waals surface area contributed by atoms with Crippen molar-refractivity contribution in [1.29, 1.82) is 0 Å². The third-order valence-corrected chi connectivity index (χ3v) is 2.70. The fraction of sp³-hybridized carbons (Fsp3) is 0.167. The van der Waals surface area contributed by atoms with Gasteiger partial charge in [-0.25, -0.2) is 0 Å². The fourth-order valence-corrected chi connectivity index (χ4v) is 1.78. The second-order valence-electron chi connectivity index (χ2n) is 3.34. The molecule has 16 heavy (non-hydrogen) atoms. The minimum Gasteiger partial charge on any atom is -0.287 e. The van der Waals surface area contributed by atoms with Gasteiger partial charge in [0.15, 0.2) is 0 Å². The first-order chi connectivity index (χ1) is 7.74. The maximum absolute atomic E-state index is 12.2. The number of rotatable bonds is 3. The van der Waals surface area contributed by atoms with Crippen molar-refractivity contribution in [1.82, 2.24) is 9.78 Å². The number of aromatic nitrogens is 2. The second kappa shape index (κ2) is 4.49. The van der Waals surface area contributed by atoms with Crippen LogP contribution >= 0.6 is 11.6 Å². The van der Waals surface area contributed by atoms with Gasteiger partial charge in [0.25, 0.3) is 0 Å². The molecule has 0 atom stereocenters. The molecule has 3 nitrogen and oxygen atoms in total. The average molecular weight is 235 g/mol. The molecule has 4 heteroatoms. The van der Waals surface area contributed by atoms with E-state index in [1.807, 2.05) is 6.92 Å². The molecule has 0 aliphatic carbocycles. The average Bonchev–Trinajstić information content (AvgIpc) is 2.77. The Hall–Kier alpha value is -1.61. The summed E-state index contributed by atoms with van der Waals surface area (Å²) in [7, 11) is 0. The van der Waals surface area contributed by atoms with Crippen LogP contribution in [0.15, 0.2) is 36.5 Å². The van der Waals surface area contributed by atoms with Crippen LogP contribution in [-0.4, -0.2) is 15.6 Å². The van der Waals surface area contributed by atoms with Gasteiger partial charge in [-0.05, 0) is 25.1 Å². The summed E-state index contributed by atoms with van der Waals surface area (Å²) >= 11 is 5.98. The van der Waals surface area contributed by atoms with E-state index in [0.717, 1.165) is 0 Å². The zero-order valence-corrected chi connectivity index (χ0v) is 9.61. The van der Waals surface area contributed by atoms with Crippen LogP contribution in [0.5, 0.6) is 0 Å². The number of hydrogen-bond donors (Lipinski definition) is 0. The fourth-order valence-electron chi connectivity index (χ4n) is 1.56. The topological polar surface area (TPSA) is 34.9 Å². The molecule has 0 saturated heterocycles. The van der Waals surface area contributed by atoms with Crippen LogP contribution in [0.3, 0.4) is 0 Å². The highest BCUT2D eigenvalue weighted by Crippen LogP contribution is 2.18. The second-order valence-corrected chi connectivity index (χ2v) is 3.75. The number of ketones is 1. The number of hydrogen-bond acceptors (Lipinski definition) is 2. The summed E-state index contributed by atoms with van der Waals surface area (Å²) < 4.78 is 1.66.